The Bertz CT molecular complexity index is 560. The number of hydrogen-bond donors (Lipinski definition) is 2. The Hall–Kier alpha value is -1.26. The highest BCUT2D eigenvalue weighted by atomic mass is 35.5. The standard InChI is InChI=1S/C14H15Cl2NO3/c1-7-4-11(16)12(6-10(7)15)17-13(18)8-2-3-9(5-8)14(19)20/h4,6,8-9H,2-3,5H2,1H3,(H,17,18)(H,19,20). The first-order chi connectivity index (χ1) is 9.38. The van der Waals surface area contributed by atoms with E-state index in [1.165, 1.54) is 0 Å². The van der Waals surface area contributed by atoms with E-state index in [-0.39, 0.29) is 11.8 Å². The number of carboxylic acids is 1. The zero-order valence-corrected chi connectivity index (χ0v) is 12.5. The number of anilines is 1. The minimum atomic E-state index is -0.836. The van der Waals surface area contributed by atoms with Crippen LogP contribution in [0, 0.1) is 18.8 Å². The summed E-state index contributed by atoms with van der Waals surface area (Å²) in [6, 6.07) is 3.30. The molecule has 2 N–H and O–H groups in total. The summed E-state index contributed by atoms with van der Waals surface area (Å²) in [6.07, 6.45) is 1.49. The molecule has 1 aromatic rings. The first-order valence-corrected chi connectivity index (χ1v) is 7.13. The van der Waals surface area contributed by atoms with Crippen LogP contribution in [0.3, 0.4) is 0 Å². The van der Waals surface area contributed by atoms with Crippen LogP contribution in [-0.2, 0) is 9.59 Å². The number of carbonyl (C=O) groups excluding carboxylic acids is 1. The van der Waals surface area contributed by atoms with Crippen molar-refractivity contribution < 1.29 is 14.7 Å². The highest BCUT2D eigenvalue weighted by Gasteiger charge is 2.34. The van der Waals surface area contributed by atoms with Crippen LogP contribution in [0.5, 0.6) is 0 Å². The Morgan fingerprint density at radius 2 is 1.85 bits per heavy atom. The number of carbonyl (C=O) groups is 2. The van der Waals surface area contributed by atoms with Gasteiger partial charge in [-0.25, -0.2) is 0 Å². The van der Waals surface area contributed by atoms with Gasteiger partial charge in [-0.15, -0.1) is 0 Å². The lowest BCUT2D eigenvalue weighted by atomic mass is 10.0. The number of aryl methyl sites for hydroxylation is 1. The molecule has 1 aliphatic carbocycles. The van der Waals surface area contributed by atoms with Crippen LogP contribution in [0.1, 0.15) is 24.8 Å². The number of benzene rings is 1. The molecule has 0 saturated heterocycles. The molecule has 6 heteroatoms. The second kappa shape index (κ2) is 6.02. The summed E-state index contributed by atoms with van der Waals surface area (Å²) in [5, 5.41) is 12.6. The maximum Gasteiger partial charge on any atom is 0.306 e. The van der Waals surface area contributed by atoms with Crippen LogP contribution in [0.15, 0.2) is 12.1 Å². The van der Waals surface area contributed by atoms with Crippen molar-refractivity contribution in [2.24, 2.45) is 11.8 Å². The molecule has 2 unspecified atom stereocenters. The molecule has 1 aromatic carbocycles. The molecular formula is C14H15Cl2NO3. The molecule has 0 aliphatic heterocycles. The first kappa shape index (κ1) is 15.1. The molecule has 0 spiro atoms. The third kappa shape index (κ3) is 3.25. The monoisotopic (exact) mass is 315 g/mol. The van der Waals surface area contributed by atoms with Crippen LogP contribution >= 0.6 is 23.2 Å². The van der Waals surface area contributed by atoms with Gasteiger partial charge < -0.3 is 10.4 Å². The molecular weight excluding hydrogens is 301 g/mol. The number of rotatable bonds is 3. The van der Waals surface area contributed by atoms with Crippen LogP contribution in [0.25, 0.3) is 0 Å². The second-order valence-corrected chi connectivity index (χ2v) is 5.93. The van der Waals surface area contributed by atoms with Gasteiger partial charge in [-0.3, -0.25) is 9.59 Å². The largest absolute Gasteiger partial charge is 0.481 e. The van der Waals surface area contributed by atoms with Crippen molar-refractivity contribution in [1.29, 1.82) is 0 Å². The number of aliphatic carboxylic acids is 1. The van der Waals surface area contributed by atoms with Crippen molar-refractivity contribution in [2.45, 2.75) is 26.2 Å². The van der Waals surface area contributed by atoms with E-state index in [0.29, 0.717) is 35.0 Å². The van der Waals surface area contributed by atoms with Crippen molar-refractivity contribution in [2.75, 3.05) is 5.32 Å². The number of hydrogen-bond acceptors (Lipinski definition) is 2. The van der Waals surface area contributed by atoms with Gasteiger partial charge in [0.2, 0.25) is 5.91 Å². The fourth-order valence-corrected chi connectivity index (χ4v) is 2.85. The minimum Gasteiger partial charge on any atom is -0.481 e. The van der Waals surface area contributed by atoms with Gasteiger partial charge in [-0.2, -0.15) is 0 Å². The van der Waals surface area contributed by atoms with E-state index >= 15 is 0 Å². The Morgan fingerprint density at radius 3 is 2.45 bits per heavy atom. The smallest absolute Gasteiger partial charge is 0.306 e. The summed E-state index contributed by atoms with van der Waals surface area (Å²) >= 11 is 12.1. The molecule has 0 bridgehead atoms. The van der Waals surface area contributed by atoms with Crippen molar-refractivity contribution >= 4 is 40.8 Å². The molecule has 4 nitrogen and oxygen atoms in total. The third-order valence-electron chi connectivity index (χ3n) is 3.66. The van der Waals surface area contributed by atoms with Crippen LogP contribution in [0.2, 0.25) is 10.0 Å². The van der Waals surface area contributed by atoms with Gasteiger partial charge in [-0.1, -0.05) is 23.2 Å². The number of halogens is 2. The fraction of sp³-hybridized carbons (Fsp3) is 0.429. The van der Waals surface area contributed by atoms with E-state index in [2.05, 4.69) is 5.32 Å². The molecule has 1 saturated carbocycles. The van der Waals surface area contributed by atoms with E-state index < -0.39 is 11.9 Å². The summed E-state index contributed by atoms with van der Waals surface area (Å²) in [4.78, 5) is 23.0. The average Bonchev–Trinajstić information content (AvgIpc) is 2.85. The van der Waals surface area contributed by atoms with Gasteiger partial charge in [0.1, 0.15) is 0 Å². The van der Waals surface area contributed by atoms with Crippen molar-refractivity contribution in [3.63, 3.8) is 0 Å². The molecule has 1 amide bonds. The fourth-order valence-electron chi connectivity index (χ4n) is 2.42. The molecule has 20 heavy (non-hydrogen) atoms. The molecule has 2 atom stereocenters. The van der Waals surface area contributed by atoms with Crippen LogP contribution < -0.4 is 5.32 Å². The summed E-state index contributed by atoms with van der Waals surface area (Å²) in [7, 11) is 0. The van der Waals surface area contributed by atoms with E-state index in [9.17, 15) is 9.59 Å². The Balaban J connectivity index is 2.06. The molecule has 1 aliphatic rings. The Labute approximate surface area is 127 Å². The number of nitrogens with one attached hydrogen (secondary N) is 1. The topological polar surface area (TPSA) is 66.4 Å². The van der Waals surface area contributed by atoms with Gasteiger partial charge >= 0.3 is 5.97 Å². The summed E-state index contributed by atoms with van der Waals surface area (Å²) in [6.45, 7) is 1.83. The maximum absolute atomic E-state index is 12.1. The van der Waals surface area contributed by atoms with Crippen molar-refractivity contribution in [3.05, 3.63) is 27.7 Å². The van der Waals surface area contributed by atoms with Gasteiger partial charge in [0.05, 0.1) is 16.6 Å². The average molecular weight is 316 g/mol. The zero-order chi connectivity index (χ0) is 14.9. The summed E-state index contributed by atoms with van der Waals surface area (Å²) in [5.41, 5.74) is 1.30. The number of carboxylic acid groups (broad SMARTS) is 1. The van der Waals surface area contributed by atoms with E-state index in [1.807, 2.05) is 6.92 Å². The number of amides is 1. The zero-order valence-electron chi connectivity index (χ0n) is 11.0. The van der Waals surface area contributed by atoms with E-state index in [1.54, 1.807) is 12.1 Å². The van der Waals surface area contributed by atoms with Gasteiger partial charge in [-0.05, 0) is 43.9 Å². The lowest BCUT2D eigenvalue weighted by Gasteiger charge is -2.13. The molecule has 1 fully saturated rings. The molecule has 108 valence electrons. The predicted octanol–water partition coefficient (Wildman–Crippen LogP) is 3.74. The Morgan fingerprint density at radius 1 is 1.20 bits per heavy atom. The predicted molar refractivity (Wildman–Crippen MR) is 78.3 cm³/mol. The summed E-state index contributed by atoms with van der Waals surface area (Å²) < 4.78 is 0. The van der Waals surface area contributed by atoms with E-state index in [4.69, 9.17) is 28.3 Å². The summed E-state index contributed by atoms with van der Waals surface area (Å²) in [5.74, 6) is -1.75. The second-order valence-electron chi connectivity index (χ2n) is 5.12. The molecule has 0 aromatic heterocycles. The highest BCUT2D eigenvalue weighted by molar-refractivity contribution is 6.36. The molecule has 0 radical (unpaired) electrons. The lowest BCUT2D eigenvalue weighted by molar-refractivity contribution is -0.141. The first-order valence-electron chi connectivity index (χ1n) is 6.37. The van der Waals surface area contributed by atoms with Crippen LogP contribution in [0.4, 0.5) is 5.69 Å². The van der Waals surface area contributed by atoms with Crippen molar-refractivity contribution in [3.8, 4) is 0 Å². The third-order valence-corrected chi connectivity index (χ3v) is 4.38. The lowest BCUT2D eigenvalue weighted by Crippen LogP contribution is -2.21. The van der Waals surface area contributed by atoms with Gasteiger partial charge in [0, 0.05) is 10.9 Å². The van der Waals surface area contributed by atoms with E-state index in [0.717, 1.165) is 5.56 Å². The van der Waals surface area contributed by atoms with Crippen molar-refractivity contribution in [1.82, 2.24) is 0 Å². The highest BCUT2D eigenvalue weighted by Crippen LogP contribution is 2.34. The van der Waals surface area contributed by atoms with Gasteiger partial charge in [0.25, 0.3) is 0 Å². The minimum absolute atomic E-state index is 0.199. The Kier molecular flexibility index (Phi) is 4.55. The van der Waals surface area contributed by atoms with Gasteiger partial charge in [0.15, 0.2) is 0 Å². The maximum atomic E-state index is 12.1. The molecule has 2 rings (SSSR count). The quantitative estimate of drug-likeness (QED) is 0.892. The van der Waals surface area contributed by atoms with Crippen LogP contribution in [-0.4, -0.2) is 17.0 Å². The SMILES string of the molecule is Cc1cc(Cl)c(NC(=O)C2CCC(C(=O)O)C2)cc1Cl. The molecule has 0 heterocycles. The normalized spacial score (nSPS) is 21.8.